The van der Waals surface area contributed by atoms with Crippen LogP contribution in [0.2, 0.25) is 0 Å². The molecule has 7 aromatic carbocycles. The van der Waals surface area contributed by atoms with Crippen molar-refractivity contribution in [3.8, 4) is 22.3 Å². The summed E-state index contributed by atoms with van der Waals surface area (Å²) in [6, 6.07) is 58.1. The van der Waals surface area contributed by atoms with Crippen LogP contribution in [0.5, 0.6) is 0 Å². The number of hydrogen-bond donors (Lipinski definition) is 0. The van der Waals surface area contributed by atoms with Crippen LogP contribution in [0, 0.1) is 0 Å². The van der Waals surface area contributed by atoms with E-state index in [0.29, 0.717) is 0 Å². The van der Waals surface area contributed by atoms with Crippen LogP contribution in [0.1, 0.15) is 0 Å². The van der Waals surface area contributed by atoms with Crippen molar-refractivity contribution >= 4 is 60.7 Å². The fourth-order valence-electron chi connectivity index (χ4n) is 6.63. The Hall–Kier alpha value is -6.19. The van der Waals surface area contributed by atoms with Gasteiger partial charge in [0.05, 0.1) is 5.69 Å². The van der Waals surface area contributed by atoms with Gasteiger partial charge in [-0.15, -0.1) is 0 Å². The molecule has 0 saturated carbocycles. The van der Waals surface area contributed by atoms with Crippen LogP contribution < -0.4 is 4.90 Å². The molecule has 9 rings (SSSR count). The minimum atomic E-state index is 0.797. The van der Waals surface area contributed by atoms with Gasteiger partial charge in [-0.1, -0.05) is 109 Å². The molecule has 0 fully saturated rings. The SMILES string of the molecule is c1ccc(-c2ccc(N(c3ccc4ccc5c6ncccc6oc5c4c3)c3ccccc3-c3ccc4ccccc4c3)cc2)cc1. The van der Waals surface area contributed by atoms with E-state index in [9.17, 15) is 0 Å². The number of pyridine rings is 1. The molecule has 46 heavy (non-hydrogen) atoms. The van der Waals surface area contributed by atoms with Gasteiger partial charge in [0.1, 0.15) is 11.1 Å². The maximum atomic E-state index is 6.43. The van der Waals surface area contributed by atoms with Crippen molar-refractivity contribution < 1.29 is 4.42 Å². The Balaban J connectivity index is 1.27. The van der Waals surface area contributed by atoms with Crippen molar-refractivity contribution in [1.29, 1.82) is 0 Å². The van der Waals surface area contributed by atoms with Gasteiger partial charge in [0.2, 0.25) is 0 Å². The minimum absolute atomic E-state index is 0.797. The molecule has 3 heteroatoms. The largest absolute Gasteiger partial charge is 0.454 e. The molecule has 0 aliphatic carbocycles. The number of fused-ring (bicyclic) bond motifs is 6. The average molecular weight is 589 g/mol. The first kappa shape index (κ1) is 26.2. The van der Waals surface area contributed by atoms with E-state index in [2.05, 4.69) is 162 Å². The second kappa shape index (κ2) is 10.8. The fraction of sp³-hybridized carbons (Fsp3) is 0. The van der Waals surface area contributed by atoms with Crippen LogP contribution >= 0.6 is 0 Å². The molecule has 0 saturated heterocycles. The molecule has 2 heterocycles. The fourth-order valence-corrected chi connectivity index (χ4v) is 6.63. The zero-order valence-corrected chi connectivity index (χ0v) is 25.0. The molecular weight excluding hydrogens is 560 g/mol. The maximum absolute atomic E-state index is 6.43. The summed E-state index contributed by atoms with van der Waals surface area (Å²) in [5.41, 5.74) is 10.5. The molecule has 0 spiro atoms. The Kier molecular flexibility index (Phi) is 6.14. The standard InChI is InChI=1S/C43H28N2O/c1-2-9-29(10-3-1)31-18-22-35(23-19-31)45(40-14-7-6-13-37(40)34-17-16-30-11-4-5-12-33(30)27-34)36-24-20-32-21-25-38-42-41(15-8-26-44-42)46-43(38)39(32)28-36/h1-28H. The summed E-state index contributed by atoms with van der Waals surface area (Å²) in [4.78, 5) is 6.98. The molecular formula is C43H28N2O. The summed E-state index contributed by atoms with van der Waals surface area (Å²) < 4.78 is 6.43. The van der Waals surface area contributed by atoms with Crippen LogP contribution in [-0.2, 0) is 0 Å². The molecule has 0 bridgehead atoms. The molecule has 2 aromatic heterocycles. The number of furan rings is 1. The molecule has 0 aliphatic rings. The summed E-state index contributed by atoms with van der Waals surface area (Å²) in [6.45, 7) is 0. The van der Waals surface area contributed by atoms with Gasteiger partial charge >= 0.3 is 0 Å². The van der Waals surface area contributed by atoms with E-state index in [4.69, 9.17) is 4.42 Å². The third kappa shape index (κ3) is 4.41. The van der Waals surface area contributed by atoms with Crippen molar-refractivity contribution in [3.63, 3.8) is 0 Å². The molecule has 3 nitrogen and oxygen atoms in total. The Labute approximate surface area is 266 Å². The van der Waals surface area contributed by atoms with E-state index >= 15 is 0 Å². The van der Waals surface area contributed by atoms with Crippen molar-refractivity contribution in [2.75, 3.05) is 4.90 Å². The number of para-hydroxylation sites is 1. The van der Waals surface area contributed by atoms with Gasteiger partial charge in [0.25, 0.3) is 0 Å². The van der Waals surface area contributed by atoms with E-state index in [1.54, 1.807) is 0 Å². The Bertz CT molecular complexity index is 2530. The predicted molar refractivity (Wildman–Crippen MR) is 192 cm³/mol. The van der Waals surface area contributed by atoms with E-state index < -0.39 is 0 Å². The number of aromatic nitrogens is 1. The van der Waals surface area contributed by atoms with E-state index in [1.807, 2.05) is 18.3 Å². The quantitative estimate of drug-likeness (QED) is 0.200. The zero-order valence-electron chi connectivity index (χ0n) is 25.0. The molecule has 0 N–H and O–H groups in total. The van der Waals surface area contributed by atoms with Crippen molar-refractivity contribution in [2.45, 2.75) is 0 Å². The number of benzene rings is 7. The summed E-state index contributed by atoms with van der Waals surface area (Å²) in [6.07, 6.45) is 1.82. The highest BCUT2D eigenvalue weighted by Crippen LogP contribution is 2.43. The Morgan fingerprint density at radius 3 is 2.04 bits per heavy atom. The second-order valence-corrected chi connectivity index (χ2v) is 11.6. The summed E-state index contributed by atoms with van der Waals surface area (Å²) in [5, 5.41) is 5.66. The molecule has 0 radical (unpaired) electrons. The highest BCUT2D eigenvalue weighted by atomic mass is 16.3. The minimum Gasteiger partial charge on any atom is -0.454 e. The van der Waals surface area contributed by atoms with Crippen LogP contribution in [0.3, 0.4) is 0 Å². The average Bonchev–Trinajstić information content (AvgIpc) is 3.52. The van der Waals surface area contributed by atoms with Crippen molar-refractivity contribution in [2.24, 2.45) is 0 Å². The summed E-state index contributed by atoms with van der Waals surface area (Å²) >= 11 is 0. The topological polar surface area (TPSA) is 29.3 Å². The van der Waals surface area contributed by atoms with Crippen molar-refractivity contribution in [1.82, 2.24) is 4.98 Å². The second-order valence-electron chi connectivity index (χ2n) is 11.6. The Morgan fingerprint density at radius 2 is 1.15 bits per heavy atom. The third-order valence-electron chi connectivity index (χ3n) is 8.89. The number of hydrogen-bond acceptors (Lipinski definition) is 3. The van der Waals surface area contributed by atoms with E-state index in [-0.39, 0.29) is 0 Å². The van der Waals surface area contributed by atoms with Gasteiger partial charge in [0, 0.05) is 33.9 Å². The lowest BCUT2D eigenvalue weighted by Crippen LogP contribution is -2.11. The predicted octanol–water partition coefficient (Wildman–Crippen LogP) is 12.1. The first-order valence-electron chi connectivity index (χ1n) is 15.5. The van der Waals surface area contributed by atoms with Gasteiger partial charge in [-0.25, -0.2) is 0 Å². The highest BCUT2D eigenvalue weighted by molar-refractivity contribution is 6.14. The molecule has 0 unspecified atom stereocenters. The third-order valence-corrected chi connectivity index (χ3v) is 8.89. The van der Waals surface area contributed by atoms with Gasteiger partial charge in [-0.3, -0.25) is 4.98 Å². The smallest absolute Gasteiger partial charge is 0.153 e. The lowest BCUT2D eigenvalue weighted by Gasteiger charge is -2.28. The van der Waals surface area contributed by atoms with E-state index in [1.165, 1.54) is 27.5 Å². The van der Waals surface area contributed by atoms with Crippen LogP contribution in [-0.4, -0.2) is 4.98 Å². The molecule has 0 aliphatic heterocycles. The Morgan fingerprint density at radius 1 is 0.457 bits per heavy atom. The van der Waals surface area contributed by atoms with Gasteiger partial charge < -0.3 is 9.32 Å². The maximum Gasteiger partial charge on any atom is 0.153 e. The van der Waals surface area contributed by atoms with Crippen LogP contribution in [0.15, 0.2) is 174 Å². The van der Waals surface area contributed by atoms with Gasteiger partial charge in [-0.05, 0) is 87.4 Å². The first-order valence-corrected chi connectivity index (χ1v) is 15.5. The lowest BCUT2D eigenvalue weighted by atomic mass is 9.98. The summed E-state index contributed by atoms with van der Waals surface area (Å²) in [5.74, 6) is 0. The van der Waals surface area contributed by atoms with Gasteiger partial charge in [0.15, 0.2) is 5.58 Å². The van der Waals surface area contributed by atoms with Crippen LogP contribution in [0.4, 0.5) is 17.1 Å². The van der Waals surface area contributed by atoms with Crippen LogP contribution in [0.25, 0.3) is 65.9 Å². The first-order chi connectivity index (χ1) is 22.8. The monoisotopic (exact) mass is 588 g/mol. The summed E-state index contributed by atoms with van der Waals surface area (Å²) in [7, 11) is 0. The molecule has 9 aromatic rings. The number of rotatable bonds is 5. The van der Waals surface area contributed by atoms with Gasteiger partial charge in [-0.2, -0.15) is 0 Å². The number of anilines is 3. The highest BCUT2D eigenvalue weighted by Gasteiger charge is 2.19. The normalized spacial score (nSPS) is 11.5. The van der Waals surface area contributed by atoms with E-state index in [0.717, 1.165) is 55.5 Å². The molecule has 0 atom stereocenters. The molecule has 0 amide bonds. The zero-order chi connectivity index (χ0) is 30.5. The molecule has 216 valence electrons. The number of nitrogens with zero attached hydrogens (tertiary/aromatic N) is 2. The van der Waals surface area contributed by atoms with Crippen molar-refractivity contribution in [3.05, 3.63) is 170 Å². The lowest BCUT2D eigenvalue weighted by molar-refractivity contribution is 0.672.